The van der Waals surface area contributed by atoms with E-state index in [0.29, 0.717) is 41.9 Å². The smallest absolute Gasteiger partial charge is 0.259 e. The molecule has 6 heteroatoms. The summed E-state index contributed by atoms with van der Waals surface area (Å²) in [6.07, 6.45) is 2.11. The first kappa shape index (κ1) is 16.1. The number of alkyl halides is 1. The molecule has 1 aliphatic rings. The number of ether oxygens (including phenoxy) is 1. The third-order valence-electron chi connectivity index (χ3n) is 3.71. The molecular formula is C17H16Cl2N2O2. The third kappa shape index (κ3) is 3.77. The fourth-order valence-electron chi connectivity index (χ4n) is 2.56. The van der Waals surface area contributed by atoms with Gasteiger partial charge >= 0.3 is 0 Å². The molecule has 0 bridgehead atoms. The molecule has 4 nitrogen and oxygen atoms in total. The molecule has 3 rings (SSSR count). The Balaban J connectivity index is 1.88. The molecule has 1 aliphatic heterocycles. The van der Waals surface area contributed by atoms with E-state index >= 15 is 0 Å². The van der Waals surface area contributed by atoms with Crippen molar-refractivity contribution in [1.82, 2.24) is 9.88 Å². The van der Waals surface area contributed by atoms with Gasteiger partial charge in [-0.3, -0.25) is 4.79 Å². The molecule has 0 saturated carbocycles. The van der Waals surface area contributed by atoms with Crippen LogP contribution < -0.4 is 4.74 Å². The highest BCUT2D eigenvalue weighted by Gasteiger charge is 2.29. The van der Waals surface area contributed by atoms with Crippen molar-refractivity contribution in [2.45, 2.75) is 19.1 Å². The van der Waals surface area contributed by atoms with Crippen molar-refractivity contribution in [3.63, 3.8) is 0 Å². The lowest BCUT2D eigenvalue weighted by Gasteiger charge is -2.23. The lowest BCUT2D eigenvalue weighted by molar-refractivity contribution is 0.0691. The number of benzene rings is 1. The zero-order valence-corrected chi connectivity index (χ0v) is 13.9. The average Bonchev–Trinajstić information content (AvgIpc) is 2.68. The SMILES string of the molecule is O=C1c2cccnc2OC(CCCl)CN1Cc1ccc(Cl)cc1. The minimum atomic E-state index is -0.167. The molecule has 0 aliphatic carbocycles. The largest absolute Gasteiger partial charge is 0.472 e. The molecule has 1 aromatic carbocycles. The van der Waals surface area contributed by atoms with Crippen molar-refractivity contribution in [3.05, 3.63) is 58.7 Å². The van der Waals surface area contributed by atoms with Crippen LogP contribution in [0.5, 0.6) is 5.88 Å². The van der Waals surface area contributed by atoms with Gasteiger partial charge in [-0.05, 0) is 36.2 Å². The average molecular weight is 351 g/mol. The molecule has 2 aromatic rings. The van der Waals surface area contributed by atoms with Crippen LogP contribution in [0, 0.1) is 0 Å². The van der Waals surface area contributed by atoms with E-state index in [1.54, 1.807) is 23.2 Å². The van der Waals surface area contributed by atoms with Crippen molar-refractivity contribution < 1.29 is 9.53 Å². The Morgan fingerprint density at radius 3 is 2.78 bits per heavy atom. The first-order chi connectivity index (χ1) is 11.2. The van der Waals surface area contributed by atoms with Gasteiger partial charge in [-0.2, -0.15) is 0 Å². The molecule has 23 heavy (non-hydrogen) atoms. The number of carbonyl (C=O) groups excluding carboxylic acids is 1. The summed E-state index contributed by atoms with van der Waals surface area (Å²) in [5.41, 5.74) is 1.50. The zero-order chi connectivity index (χ0) is 16.2. The number of nitrogens with zero attached hydrogens (tertiary/aromatic N) is 2. The highest BCUT2D eigenvalue weighted by molar-refractivity contribution is 6.30. The number of amides is 1. The van der Waals surface area contributed by atoms with Crippen LogP contribution >= 0.6 is 23.2 Å². The normalized spacial score (nSPS) is 17.4. The molecule has 1 amide bonds. The van der Waals surface area contributed by atoms with Gasteiger partial charge < -0.3 is 9.64 Å². The topological polar surface area (TPSA) is 42.4 Å². The maximum Gasteiger partial charge on any atom is 0.259 e. The second-order valence-corrected chi connectivity index (χ2v) is 6.20. The summed E-state index contributed by atoms with van der Waals surface area (Å²) >= 11 is 11.8. The lowest BCUT2D eigenvalue weighted by Crippen LogP contribution is -2.36. The molecule has 0 fully saturated rings. The number of fused-ring (bicyclic) bond motifs is 1. The Morgan fingerprint density at radius 1 is 1.26 bits per heavy atom. The fraction of sp³-hybridized carbons (Fsp3) is 0.294. The van der Waals surface area contributed by atoms with Crippen LogP contribution in [0.2, 0.25) is 5.02 Å². The van der Waals surface area contributed by atoms with Gasteiger partial charge in [0.25, 0.3) is 5.91 Å². The number of halogens is 2. The van der Waals surface area contributed by atoms with E-state index in [9.17, 15) is 4.79 Å². The van der Waals surface area contributed by atoms with E-state index < -0.39 is 0 Å². The van der Waals surface area contributed by atoms with Crippen molar-refractivity contribution >= 4 is 29.1 Å². The van der Waals surface area contributed by atoms with Crippen LogP contribution in [-0.4, -0.2) is 34.3 Å². The Labute approximate surface area is 145 Å². The predicted molar refractivity (Wildman–Crippen MR) is 90.2 cm³/mol. The number of hydrogen-bond acceptors (Lipinski definition) is 3. The molecule has 1 aromatic heterocycles. The molecule has 2 heterocycles. The molecule has 0 saturated heterocycles. The summed E-state index contributed by atoms with van der Waals surface area (Å²) in [5.74, 6) is 0.766. The maximum atomic E-state index is 12.8. The molecule has 1 atom stereocenters. The quantitative estimate of drug-likeness (QED) is 0.788. The monoisotopic (exact) mass is 350 g/mol. The first-order valence-corrected chi connectivity index (χ1v) is 8.30. The summed E-state index contributed by atoms with van der Waals surface area (Å²) in [6.45, 7) is 0.969. The van der Waals surface area contributed by atoms with Crippen LogP contribution in [0.1, 0.15) is 22.3 Å². The van der Waals surface area contributed by atoms with E-state index in [0.717, 1.165) is 5.56 Å². The second-order valence-electron chi connectivity index (χ2n) is 5.39. The van der Waals surface area contributed by atoms with E-state index in [1.807, 2.05) is 24.3 Å². The molecule has 0 spiro atoms. The van der Waals surface area contributed by atoms with E-state index in [4.69, 9.17) is 27.9 Å². The van der Waals surface area contributed by atoms with Gasteiger partial charge in [-0.15, -0.1) is 11.6 Å². The van der Waals surface area contributed by atoms with Crippen molar-refractivity contribution in [3.8, 4) is 5.88 Å². The Morgan fingerprint density at radius 2 is 2.04 bits per heavy atom. The number of rotatable bonds is 4. The van der Waals surface area contributed by atoms with Crippen molar-refractivity contribution in [1.29, 1.82) is 0 Å². The highest BCUT2D eigenvalue weighted by Crippen LogP contribution is 2.25. The van der Waals surface area contributed by atoms with Crippen molar-refractivity contribution in [2.75, 3.05) is 12.4 Å². The van der Waals surface area contributed by atoms with Gasteiger partial charge in [0.05, 0.1) is 6.54 Å². The molecular weight excluding hydrogens is 335 g/mol. The Bertz CT molecular complexity index is 691. The van der Waals surface area contributed by atoms with E-state index in [-0.39, 0.29) is 12.0 Å². The first-order valence-electron chi connectivity index (χ1n) is 7.38. The third-order valence-corrected chi connectivity index (χ3v) is 4.18. The standard InChI is InChI=1S/C17H16Cl2N2O2/c18-8-7-14-11-21(10-12-3-5-13(19)6-4-12)17(22)15-2-1-9-20-16(15)23-14/h1-6,9,14H,7-8,10-11H2. The minimum absolute atomic E-state index is 0.0832. The molecule has 0 N–H and O–H groups in total. The molecule has 0 radical (unpaired) electrons. The summed E-state index contributed by atoms with van der Waals surface area (Å²) in [7, 11) is 0. The zero-order valence-electron chi connectivity index (χ0n) is 12.4. The predicted octanol–water partition coefficient (Wildman–Crippen LogP) is 3.77. The van der Waals surface area contributed by atoms with Crippen LogP contribution in [0.25, 0.3) is 0 Å². The van der Waals surface area contributed by atoms with Gasteiger partial charge in [-0.1, -0.05) is 23.7 Å². The van der Waals surface area contributed by atoms with Crippen molar-refractivity contribution in [2.24, 2.45) is 0 Å². The van der Waals surface area contributed by atoms with Crippen LogP contribution in [0.3, 0.4) is 0 Å². The Hall–Kier alpha value is -1.78. The number of pyridine rings is 1. The Kier molecular flexibility index (Phi) is 5.03. The summed E-state index contributed by atoms with van der Waals surface area (Å²) in [5, 5.41) is 0.675. The molecule has 1 unspecified atom stereocenters. The van der Waals surface area contributed by atoms with Gasteiger partial charge in [0.1, 0.15) is 11.7 Å². The summed E-state index contributed by atoms with van der Waals surface area (Å²) < 4.78 is 5.88. The molecule has 120 valence electrons. The minimum Gasteiger partial charge on any atom is -0.472 e. The van der Waals surface area contributed by atoms with Gasteiger partial charge in [0.15, 0.2) is 0 Å². The van der Waals surface area contributed by atoms with Crippen LogP contribution in [0.15, 0.2) is 42.6 Å². The van der Waals surface area contributed by atoms with Crippen LogP contribution in [0.4, 0.5) is 0 Å². The maximum absolute atomic E-state index is 12.8. The summed E-state index contributed by atoms with van der Waals surface area (Å²) in [6, 6.07) is 11.0. The van der Waals surface area contributed by atoms with Gasteiger partial charge in [0, 0.05) is 23.6 Å². The number of hydrogen-bond donors (Lipinski definition) is 0. The van der Waals surface area contributed by atoms with Crippen LogP contribution in [-0.2, 0) is 6.54 Å². The highest BCUT2D eigenvalue weighted by atomic mass is 35.5. The lowest BCUT2D eigenvalue weighted by atomic mass is 10.1. The van der Waals surface area contributed by atoms with Gasteiger partial charge in [0.2, 0.25) is 5.88 Å². The van der Waals surface area contributed by atoms with Gasteiger partial charge in [-0.25, -0.2) is 4.98 Å². The summed E-state index contributed by atoms with van der Waals surface area (Å²) in [4.78, 5) is 18.8. The second kappa shape index (κ2) is 7.20. The van der Waals surface area contributed by atoms with E-state index in [2.05, 4.69) is 4.98 Å². The fourth-order valence-corrected chi connectivity index (χ4v) is 2.93. The van der Waals surface area contributed by atoms with E-state index in [1.165, 1.54) is 0 Å². The number of aromatic nitrogens is 1. The number of carbonyl (C=O) groups is 1.